The summed E-state index contributed by atoms with van der Waals surface area (Å²) < 4.78 is 5.89. The highest BCUT2D eigenvalue weighted by atomic mass is 32.1. The third-order valence-electron chi connectivity index (χ3n) is 5.09. The fraction of sp³-hybridized carbons (Fsp3) is 0.182. The van der Waals surface area contributed by atoms with Crippen molar-refractivity contribution >= 4 is 33.3 Å². The van der Waals surface area contributed by atoms with Crippen molar-refractivity contribution in [3.63, 3.8) is 0 Å². The third kappa shape index (κ3) is 2.72. The van der Waals surface area contributed by atoms with Crippen molar-refractivity contribution in [2.24, 2.45) is 0 Å². The number of phenolic OH excluding ortho intramolecular Hbond substituents is 1. The van der Waals surface area contributed by atoms with Gasteiger partial charge in [-0.1, -0.05) is 49.4 Å². The standard InChI is InChI=1S/C22H17N3O4S/c1-11(2)20-23-24-22(30-20)25-17(12-6-5-7-13(26)10-12)16-18(27)14-8-3-4-9-15(14)29-19(16)21(25)28/h3-11,17,26H,1-2H3/t17-/m1/s1. The number of carbonyl (C=O) groups excluding carboxylic acids is 1. The predicted octanol–water partition coefficient (Wildman–Crippen LogP) is 4.22. The number of hydrogen-bond donors (Lipinski definition) is 1. The highest BCUT2D eigenvalue weighted by Gasteiger charge is 2.45. The van der Waals surface area contributed by atoms with Crippen molar-refractivity contribution in [1.82, 2.24) is 10.2 Å². The quantitative estimate of drug-likeness (QED) is 0.534. The van der Waals surface area contributed by atoms with E-state index in [9.17, 15) is 14.7 Å². The number of nitrogens with zero attached hydrogens (tertiary/aromatic N) is 3. The third-order valence-corrected chi connectivity index (χ3v) is 6.32. The van der Waals surface area contributed by atoms with Crippen molar-refractivity contribution < 1.29 is 14.3 Å². The lowest BCUT2D eigenvalue weighted by atomic mass is 9.98. The average Bonchev–Trinajstić information content (AvgIpc) is 3.32. The predicted molar refractivity (Wildman–Crippen MR) is 113 cm³/mol. The van der Waals surface area contributed by atoms with Gasteiger partial charge in [-0.05, 0) is 29.8 Å². The summed E-state index contributed by atoms with van der Waals surface area (Å²) >= 11 is 1.30. The molecule has 0 saturated carbocycles. The van der Waals surface area contributed by atoms with Gasteiger partial charge in [0.05, 0.1) is 17.0 Å². The second-order valence-electron chi connectivity index (χ2n) is 7.42. The van der Waals surface area contributed by atoms with E-state index < -0.39 is 11.9 Å². The van der Waals surface area contributed by atoms with E-state index in [0.29, 0.717) is 21.7 Å². The zero-order valence-electron chi connectivity index (χ0n) is 16.2. The summed E-state index contributed by atoms with van der Waals surface area (Å²) in [6.07, 6.45) is 0. The largest absolute Gasteiger partial charge is 0.508 e. The molecule has 1 aliphatic rings. The number of phenols is 1. The van der Waals surface area contributed by atoms with Crippen LogP contribution in [0.5, 0.6) is 5.75 Å². The van der Waals surface area contributed by atoms with Crippen LogP contribution in [0.4, 0.5) is 5.13 Å². The number of amides is 1. The Kier molecular flexibility index (Phi) is 4.18. The lowest BCUT2D eigenvalue weighted by Crippen LogP contribution is -2.29. The van der Waals surface area contributed by atoms with E-state index in [1.165, 1.54) is 22.3 Å². The van der Waals surface area contributed by atoms with E-state index in [1.54, 1.807) is 42.5 Å². The molecule has 1 aliphatic heterocycles. The lowest BCUT2D eigenvalue weighted by Gasteiger charge is -2.22. The number of aromatic hydroxyl groups is 1. The molecule has 0 saturated heterocycles. The van der Waals surface area contributed by atoms with Gasteiger partial charge in [-0.2, -0.15) is 0 Å². The van der Waals surface area contributed by atoms with Crippen molar-refractivity contribution in [3.05, 3.63) is 80.6 Å². The average molecular weight is 419 g/mol. The molecule has 0 aliphatic carbocycles. The summed E-state index contributed by atoms with van der Waals surface area (Å²) in [5, 5.41) is 20.0. The Balaban J connectivity index is 1.79. The zero-order valence-corrected chi connectivity index (χ0v) is 17.0. The Morgan fingerprint density at radius 1 is 1.10 bits per heavy atom. The summed E-state index contributed by atoms with van der Waals surface area (Å²) in [4.78, 5) is 28.2. The van der Waals surface area contributed by atoms with Gasteiger partial charge in [0, 0.05) is 5.92 Å². The number of anilines is 1. The van der Waals surface area contributed by atoms with Crippen molar-refractivity contribution in [2.45, 2.75) is 25.8 Å². The molecule has 7 nitrogen and oxygen atoms in total. The second-order valence-corrected chi connectivity index (χ2v) is 8.41. The SMILES string of the molecule is CC(C)c1nnc(N2C(=O)c3oc4ccccc4c(=O)c3[C@H]2c2cccc(O)c2)s1. The molecule has 2 aromatic carbocycles. The zero-order chi connectivity index (χ0) is 21.0. The number of benzene rings is 2. The fourth-order valence-electron chi connectivity index (χ4n) is 3.68. The molecule has 3 heterocycles. The minimum atomic E-state index is -0.770. The molecule has 0 spiro atoms. The minimum absolute atomic E-state index is 0.00617. The summed E-state index contributed by atoms with van der Waals surface area (Å²) in [5.41, 5.74) is 0.910. The van der Waals surface area contributed by atoms with Crippen LogP contribution in [0.2, 0.25) is 0 Å². The van der Waals surface area contributed by atoms with Gasteiger partial charge in [0.2, 0.25) is 10.9 Å². The molecule has 150 valence electrons. The second kappa shape index (κ2) is 6.77. The number of carbonyl (C=O) groups is 1. The van der Waals surface area contributed by atoms with Crippen LogP contribution in [-0.2, 0) is 0 Å². The molecular weight excluding hydrogens is 402 g/mol. The molecule has 5 rings (SSSR count). The monoisotopic (exact) mass is 419 g/mol. The van der Waals surface area contributed by atoms with Crippen molar-refractivity contribution in [1.29, 1.82) is 0 Å². The Hall–Kier alpha value is -3.52. The van der Waals surface area contributed by atoms with Crippen molar-refractivity contribution in [2.75, 3.05) is 4.90 Å². The number of para-hydroxylation sites is 1. The normalized spacial score (nSPS) is 15.9. The fourth-order valence-corrected chi connectivity index (χ4v) is 4.56. The summed E-state index contributed by atoms with van der Waals surface area (Å²) in [6.45, 7) is 3.99. The van der Waals surface area contributed by atoms with Gasteiger partial charge in [0.15, 0.2) is 5.43 Å². The molecular formula is C22H17N3O4S. The van der Waals surface area contributed by atoms with E-state index in [4.69, 9.17) is 4.42 Å². The number of fused-ring (bicyclic) bond motifs is 2. The van der Waals surface area contributed by atoms with Crippen LogP contribution >= 0.6 is 11.3 Å². The topological polar surface area (TPSA) is 96.5 Å². The molecule has 2 aromatic heterocycles. The van der Waals surface area contributed by atoms with E-state index in [2.05, 4.69) is 10.2 Å². The van der Waals surface area contributed by atoms with E-state index >= 15 is 0 Å². The van der Waals surface area contributed by atoms with Gasteiger partial charge in [-0.15, -0.1) is 10.2 Å². The number of hydrogen-bond acceptors (Lipinski definition) is 7. The van der Waals surface area contributed by atoms with E-state index in [0.717, 1.165) is 5.01 Å². The molecule has 4 aromatic rings. The van der Waals surface area contributed by atoms with Crippen LogP contribution in [-0.4, -0.2) is 21.2 Å². The Labute approximate surface area is 175 Å². The van der Waals surface area contributed by atoms with Gasteiger partial charge in [-0.3, -0.25) is 14.5 Å². The maximum atomic E-state index is 13.4. The number of rotatable bonds is 3. The van der Waals surface area contributed by atoms with Crippen molar-refractivity contribution in [3.8, 4) is 5.75 Å². The maximum Gasteiger partial charge on any atom is 0.297 e. The van der Waals surface area contributed by atoms with E-state index in [1.807, 2.05) is 13.8 Å². The van der Waals surface area contributed by atoms with Crippen LogP contribution in [0.15, 0.2) is 57.7 Å². The molecule has 1 N–H and O–H groups in total. The molecule has 1 amide bonds. The molecule has 0 fully saturated rings. The molecule has 0 bridgehead atoms. The first-order valence-corrected chi connectivity index (χ1v) is 10.3. The summed E-state index contributed by atoms with van der Waals surface area (Å²) in [7, 11) is 0. The molecule has 0 radical (unpaired) electrons. The Morgan fingerprint density at radius 3 is 2.63 bits per heavy atom. The highest BCUT2D eigenvalue weighted by molar-refractivity contribution is 7.15. The summed E-state index contributed by atoms with van der Waals surface area (Å²) in [6, 6.07) is 12.6. The first kappa shape index (κ1) is 18.5. The van der Waals surface area contributed by atoms with Crippen LogP contribution in [0.3, 0.4) is 0 Å². The molecule has 0 unspecified atom stereocenters. The van der Waals surface area contributed by atoms with E-state index in [-0.39, 0.29) is 28.4 Å². The first-order chi connectivity index (χ1) is 14.5. The minimum Gasteiger partial charge on any atom is -0.508 e. The van der Waals surface area contributed by atoms with Gasteiger partial charge >= 0.3 is 0 Å². The smallest absolute Gasteiger partial charge is 0.297 e. The Morgan fingerprint density at radius 2 is 1.90 bits per heavy atom. The van der Waals surface area contributed by atoms with Gasteiger partial charge in [0.1, 0.15) is 16.3 Å². The van der Waals surface area contributed by atoms with Crippen LogP contribution in [0.25, 0.3) is 11.0 Å². The molecule has 1 atom stereocenters. The number of aromatic nitrogens is 2. The van der Waals surface area contributed by atoms with Crippen LogP contribution in [0.1, 0.15) is 52.5 Å². The summed E-state index contributed by atoms with van der Waals surface area (Å²) in [5.74, 6) is -0.266. The van der Waals surface area contributed by atoms with Gasteiger partial charge in [0.25, 0.3) is 5.91 Å². The first-order valence-electron chi connectivity index (χ1n) is 9.47. The van der Waals surface area contributed by atoms with Gasteiger partial charge in [-0.25, -0.2) is 0 Å². The lowest BCUT2D eigenvalue weighted by molar-refractivity contribution is 0.0970. The van der Waals surface area contributed by atoms with Gasteiger partial charge < -0.3 is 9.52 Å². The van der Waals surface area contributed by atoms with Crippen LogP contribution < -0.4 is 10.3 Å². The highest BCUT2D eigenvalue weighted by Crippen LogP contribution is 2.43. The maximum absolute atomic E-state index is 13.4. The molecule has 8 heteroatoms. The van der Waals surface area contributed by atoms with Crippen LogP contribution in [0, 0.1) is 0 Å². The Bertz CT molecular complexity index is 1360. The molecule has 30 heavy (non-hydrogen) atoms.